The summed E-state index contributed by atoms with van der Waals surface area (Å²) in [5.74, 6) is -1.72. The highest BCUT2D eigenvalue weighted by Gasteiger charge is 2.32. The zero-order valence-electron chi connectivity index (χ0n) is 23.1. The first-order valence-electron chi connectivity index (χ1n) is 13.8. The molecule has 6 rings (SSSR count). The van der Waals surface area contributed by atoms with E-state index in [1.165, 1.54) is 11.0 Å². The maximum Gasteiger partial charge on any atom is 0.491 e. The molecule has 6 N–H and O–H groups in total. The van der Waals surface area contributed by atoms with Crippen molar-refractivity contribution < 1.29 is 43.4 Å². The molecule has 0 fully saturated rings. The van der Waals surface area contributed by atoms with E-state index in [0.717, 1.165) is 22.3 Å². The molecule has 0 radical (unpaired) electrons. The van der Waals surface area contributed by atoms with Gasteiger partial charge in [-0.25, -0.2) is 0 Å². The van der Waals surface area contributed by atoms with Crippen LogP contribution in [0.4, 0.5) is 0 Å². The fraction of sp³-hybridized carbons (Fsp3) is 0.250. The molecule has 3 heterocycles. The molecule has 3 aromatic rings. The average molecular weight is 583 g/mol. The number of primary amides is 1. The average Bonchev–Trinajstić information content (AvgIpc) is 3.69. The molecular formula is C28H28B3N3O9. The Balaban J connectivity index is 1.22. The van der Waals surface area contributed by atoms with Gasteiger partial charge in [-0.05, 0) is 69.3 Å². The van der Waals surface area contributed by atoms with Crippen molar-refractivity contribution in [2.45, 2.75) is 38.8 Å². The summed E-state index contributed by atoms with van der Waals surface area (Å²) in [7, 11) is -3.32. The molecule has 3 aliphatic heterocycles. The number of hydrogen-bond donors (Lipinski definition) is 5. The Morgan fingerprint density at radius 1 is 0.791 bits per heavy atom. The Labute approximate surface area is 248 Å². The minimum absolute atomic E-state index is 0.0108. The number of nitrogens with one attached hydrogen (secondary N) is 1. The summed E-state index contributed by atoms with van der Waals surface area (Å²) < 4.78 is 15.7. The van der Waals surface area contributed by atoms with E-state index in [1.807, 2.05) is 12.1 Å². The number of rotatable bonds is 9. The molecule has 3 aliphatic rings. The molecule has 0 aromatic heterocycles. The fourth-order valence-electron chi connectivity index (χ4n) is 5.53. The van der Waals surface area contributed by atoms with Gasteiger partial charge in [0, 0.05) is 24.2 Å². The molecule has 0 saturated carbocycles. The van der Waals surface area contributed by atoms with Gasteiger partial charge in [-0.1, -0.05) is 30.3 Å². The van der Waals surface area contributed by atoms with Crippen LogP contribution >= 0.6 is 0 Å². The van der Waals surface area contributed by atoms with Crippen molar-refractivity contribution in [3.05, 3.63) is 88.0 Å². The molecule has 43 heavy (non-hydrogen) atoms. The van der Waals surface area contributed by atoms with Gasteiger partial charge in [0.25, 0.3) is 11.8 Å². The van der Waals surface area contributed by atoms with Gasteiger partial charge in [0.1, 0.15) is 6.04 Å². The third kappa shape index (κ3) is 5.96. The molecule has 0 unspecified atom stereocenters. The smallest absolute Gasteiger partial charge is 0.423 e. The van der Waals surface area contributed by atoms with E-state index in [0.29, 0.717) is 22.0 Å². The van der Waals surface area contributed by atoms with E-state index in [4.69, 9.17) is 19.7 Å². The Morgan fingerprint density at radius 2 is 1.30 bits per heavy atom. The molecule has 0 bridgehead atoms. The zero-order valence-corrected chi connectivity index (χ0v) is 23.1. The van der Waals surface area contributed by atoms with Crippen LogP contribution in [0, 0.1) is 0 Å². The van der Waals surface area contributed by atoms with Crippen LogP contribution in [0.15, 0.2) is 54.6 Å². The van der Waals surface area contributed by atoms with E-state index >= 15 is 0 Å². The van der Waals surface area contributed by atoms with Crippen LogP contribution in [0.25, 0.3) is 0 Å². The van der Waals surface area contributed by atoms with Gasteiger partial charge >= 0.3 is 21.4 Å². The number of fused-ring (bicyclic) bond motifs is 3. The maximum atomic E-state index is 13.8. The largest absolute Gasteiger partial charge is 0.491 e. The van der Waals surface area contributed by atoms with Crippen LogP contribution in [-0.4, -0.2) is 71.6 Å². The standard InChI is InChI=1S/C28H28B3N3O9/c32-26(35)25(33-27(36)17-3-5-20-14-42-30(39)23(20)10-17)7-8-34(12-16-1-2-19-13-41-29(38)22(19)9-16)28(37)18-4-6-21-15-43-31(40)24(21)11-18/h1-6,9-11,25,38-40H,7-8,12-15H2,(H2,32,35)(H,33,36)/t25-/m0/s1. The van der Waals surface area contributed by atoms with Crippen LogP contribution in [0.2, 0.25) is 0 Å². The van der Waals surface area contributed by atoms with Crippen LogP contribution in [-0.2, 0) is 45.1 Å². The Bertz CT molecular complexity index is 1610. The number of hydrogen-bond acceptors (Lipinski definition) is 9. The number of amides is 3. The summed E-state index contributed by atoms with van der Waals surface area (Å²) in [6, 6.07) is 14.0. The van der Waals surface area contributed by atoms with Crippen LogP contribution < -0.4 is 27.4 Å². The van der Waals surface area contributed by atoms with E-state index < -0.39 is 39.2 Å². The molecule has 12 nitrogen and oxygen atoms in total. The summed E-state index contributed by atoms with van der Waals surface area (Å²) in [5.41, 5.74) is 10.9. The highest BCUT2D eigenvalue weighted by molar-refractivity contribution is 6.62. The van der Waals surface area contributed by atoms with Gasteiger partial charge in [0.05, 0.1) is 19.8 Å². The summed E-state index contributed by atoms with van der Waals surface area (Å²) in [5, 5.41) is 33.0. The Hall–Kier alpha value is -3.98. The summed E-state index contributed by atoms with van der Waals surface area (Å²) in [4.78, 5) is 40.8. The van der Waals surface area contributed by atoms with E-state index in [9.17, 15) is 29.5 Å². The van der Waals surface area contributed by atoms with Crippen molar-refractivity contribution in [1.29, 1.82) is 0 Å². The van der Waals surface area contributed by atoms with Crippen molar-refractivity contribution >= 4 is 55.5 Å². The molecule has 0 saturated heterocycles. The van der Waals surface area contributed by atoms with Gasteiger partial charge in [0.2, 0.25) is 5.91 Å². The Morgan fingerprint density at radius 3 is 1.88 bits per heavy atom. The molecule has 0 aliphatic carbocycles. The third-order valence-electron chi connectivity index (χ3n) is 8.00. The predicted molar refractivity (Wildman–Crippen MR) is 156 cm³/mol. The van der Waals surface area contributed by atoms with Crippen LogP contribution in [0.1, 0.15) is 49.4 Å². The lowest BCUT2D eigenvalue weighted by molar-refractivity contribution is -0.120. The second-order valence-corrected chi connectivity index (χ2v) is 10.8. The highest BCUT2D eigenvalue weighted by atomic mass is 16.5. The SMILES string of the molecule is NC(=O)[C@H](CCN(Cc1ccc2c(c1)B(O)OC2)C(=O)c1ccc2c(c1)B(O)OC2)NC(=O)c1ccc2c(c1)B(O)OC2. The first-order valence-corrected chi connectivity index (χ1v) is 13.8. The van der Waals surface area contributed by atoms with Crippen molar-refractivity contribution in [3.8, 4) is 0 Å². The van der Waals surface area contributed by atoms with Crippen LogP contribution in [0.5, 0.6) is 0 Å². The first-order chi connectivity index (χ1) is 20.7. The molecule has 3 aromatic carbocycles. The second-order valence-electron chi connectivity index (χ2n) is 10.8. The summed E-state index contributed by atoms with van der Waals surface area (Å²) >= 11 is 0. The summed E-state index contributed by atoms with van der Waals surface area (Å²) in [6.07, 6.45) is 0.0108. The molecule has 15 heteroatoms. The summed E-state index contributed by atoms with van der Waals surface area (Å²) in [6.45, 7) is 0.922. The fourth-order valence-corrected chi connectivity index (χ4v) is 5.53. The zero-order chi connectivity index (χ0) is 30.2. The van der Waals surface area contributed by atoms with Gasteiger partial charge in [0.15, 0.2) is 0 Å². The van der Waals surface area contributed by atoms with E-state index in [1.54, 1.807) is 36.4 Å². The lowest BCUT2D eigenvalue weighted by atomic mass is 9.78. The lowest BCUT2D eigenvalue weighted by Gasteiger charge is -2.26. The second kappa shape index (κ2) is 12.0. The van der Waals surface area contributed by atoms with Gasteiger partial charge < -0.3 is 45.0 Å². The molecule has 3 amide bonds. The molecular weight excluding hydrogens is 555 g/mol. The van der Waals surface area contributed by atoms with E-state index in [2.05, 4.69) is 5.32 Å². The maximum absolute atomic E-state index is 13.8. The number of benzene rings is 3. The lowest BCUT2D eigenvalue weighted by Crippen LogP contribution is -2.47. The van der Waals surface area contributed by atoms with Gasteiger partial charge in [-0.3, -0.25) is 14.4 Å². The third-order valence-corrected chi connectivity index (χ3v) is 8.00. The Kier molecular flexibility index (Phi) is 8.10. The van der Waals surface area contributed by atoms with E-state index in [-0.39, 0.29) is 50.8 Å². The predicted octanol–water partition coefficient (Wildman–Crippen LogP) is -2.34. The minimum atomic E-state index is -1.13. The van der Waals surface area contributed by atoms with Crippen molar-refractivity contribution in [3.63, 3.8) is 0 Å². The van der Waals surface area contributed by atoms with Crippen LogP contribution in [0.3, 0.4) is 0 Å². The number of carbonyl (C=O) groups is 3. The molecule has 0 spiro atoms. The minimum Gasteiger partial charge on any atom is -0.423 e. The monoisotopic (exact) mass is 583 g/mol. The van der Waals surface area contributed by atoms with Gasteiger partial charge in [-0.15, -0.1) is 0 Å². The quantitative estimate of drug-likeness (QED) is 0.173. The first kappa shape index (κ1) is 29.1. The van der Waals surface area contributed by atoms with Crippen molar-refractivity contribution in [2.75, 3.05) is 6.54 Å². The molecule has 1 atom stereocenters. The highest BCUT2D eigenvalue weighted by Crippen LogP contribution is 2.18. The topological polar surface area (TPSA) is 181 Å². The van der Waals surface area contributed by atoms with Crippen molar-refractivity contribution in [1.82, 2.24) is 10.2 Å². The number of carbonyl (C=O) groups excluding carboxylic acids is 3. The molecule has 218 valence electrons. The van der Waals surface area contributed by atoms with Gasteiger partial charge in [-0.2, -0.15) is 0 Å². The number of nitrogens with zero attached hydrogens (tertiary/aromatic N) is 1. The van der Waals surface area contributed by atoms with Crippen molar-refractivity contribution in [2.24, 2.45) is 5.73 Å². The normalized spacial score (nSPS) is 15.7. The number of nitrogens with two attached hydrogens (primary N) is 1.